The molecule has 0 amide bonds. The van der Waals surface area contributed by atoms with Crippen LogP contribution in [-0.4, -0.2) is 33.2 Å². The monoisotopic (exact) mass is 284 g/mol. The van der Waals surface area contributed by atoms with Crippen LogP contribution in [0.5, 0.6) is 0 Å². The molecule has 0 saturated carbocycles. The standard InChI is InChI=1S/C11H17AsN2O2/c1-12(2)7-8-13(3)10-5-4-6-11(9-10)14(15)16/h4-6,9H,7-8H2,1-3H3. The Balaban J connectivity index is 2.71. The second-order valence-corrected chi connectivity index (χ2v) is 9.47. The zero-order valence-corrected chi connectivity index (χ0v) is 11.8. The number of nitrogens with zero attached hydrogens (tertiary/aromatic N) is 2. The molecular formula is C11H17AsN2O2. The summed E-state index contributed by atoms with van der Waals surface area (Å²) >= 11 is -0.618. The van der Waals surface area contributed by atoms with Crippen molar-refractivity contribution in [1.82, 2.24) is 0 Å². The van der Waals surface area contributed by atoms with Gasteiger partial charge in [-0.25, -0.2) is 0 Å². The van der Waals surface area contributed by atoms with Crippen LogP contribution in [-0.2, 0) is 0 Å². The Bertz CT molecular complexity index is 369. The van der Waals surface area contributed by atoms with Crippen LogP contribution in [0.3, 0.4) is 0 Å². The van der Waals surface area contributed by atoms with Crippen molar-refractivity contribution in [3.63, 3.8) is 0 Å². The molecule has 4 nitrogen and oxygen atoms in total. The summed E-state index contributed by atoms with van der Waals surface area (Å²) < 4.78 is 0. The minimum atomic E-state index is -0.618. The first kappa shape index (κ1) is 13.0. The molecule has 0 radical (unpaired) electrons. The molecule has 1 aromatic rings. The van der Waals surface area contributed by atoms with Crippen LogP contribution in [0, 0.1) is 10.1 Å². The average Bonchev–Trinajstić information content (AvgIpc) is 2.26. The molecule has 0 aliphatic rings. The van der Waals surface area contributed by atoms with Gasteiger partial charge in [-0.05, 0) is 0 Å². The van der Waals surface area contributed by atoms with Gasteiger partial charge in [-0.3, -0.25) is 0 Å². The topological polar surface area (TPSA) is 46.4 Å². The van der Waals surface area contributed by atoms with E-state index in [2.05, 4.69) is 16.3 Å². The van der Waals surface area contributed by atoms with E-state index in [9.17, 15) is 10.1 Å². The zero-order chi connectivity index (χ0) is 12.1. The van der Waals surface area contributed by atoms with E-state index in [1.54, 1.807) is 12.1 Å². The fraction of sp³-hybridized carbons (Fsp3) is 0.455. The molecule has 88 valence electrons. The molecule has 1 rings (SSSR count). The van der Waals surface area contributed by atoms with Crippen LogP contribution in [0.2, 0.25) is 16.6 Å². The Morgan fingerprint density at radius 1 is 1.44 bits per heavy atom. The van der Waals surface area contributed by atoms with E-state index >= 15 is 0 Å². The van der Waals surface area contributed by atoms with E-state index in [1.165, 1.54) is 11.3 Å². The second kappa shape index (κ2) is 5.90. The molecule has 0 fully saturated rings. The summed E-state index contributed by atoms with van der Waals surface area (Å²) in [5, 5.41) is 11.9. The van der Waals surface area contributed by atoms with Gasteiger partial charge in [-0.15, -0.1) is 0 Å². The van der Waals surface area contributed by atoms with Gasteiger partial charge >= 0.3 is 100 Å². The van der Waals surface area contributed by atoms with Gasteiger partial charge < -0.3 is 0 Å². The molecule has 5 heteroatoms. The number of nitro benzene ring substituents is 1. The van der Waals surface area contributed by atoms with Crippen molar-refractivity contribution in [3.05, 3.63) is 34.4 Å². The number of hydrogen-bond acceptors (Lipinski definition) is 3. The van der Waals surface area contributed by atoms with Crippen molar-refractivity contribution in [2.45, 2.75) is 16.6 Å². The van der Waals surface area contributed by atoms with E-state index in [0.717, 1.165) is 12.2 Å². The van der Waals surface area contributed by atoms with Gasteiger partial charge in [0.2, 0.25) is 0 Å². The molecule has 0 N–H and O–H groups in total. The van der Waals surface area contributed by atoms with E-state index in [4.69, 9.17) is 0 Å². The number of benzene rings is 1. The summed E-state index contributed by atoms with van der Waals surface area (Å²) in [6.45, 7) is 0.980. The number of non-ortho nitro benzene ring substituents is 1. The van der Waals surface area contributed by atoms with Crippen molar-refractivity contribution in [1.29, 1.82) is 0 Å². The molecule has 0 atom stereocenters. The van der Waals surface area contributed by atoms with Crippen molar-refractivity contribution >= 4 is 26.0 Å². The average molecular weight is 284 g/mol. The number of hydrogen-bond donors (Lipinski definition) is 0. The third-order valence-corrected chi connectivity index (χ3v) is 4.66. The first-order chi connectivity index (χ1) is 7.50. The Morgan fingerprint density at radius 3 is 2.69 bits per heavy atom. The Kier molecular flexibility index (Phi) is 4.81. The van der Waals surface area contributed by atoms with Gasteiger partial charge in [0.15, 0.2) is 0 Å². The molecule has 0 aliphatic carbocycles. The van der Waals surface area contributed by atoms with E-state index in [1.807, 2.05) is 13.1 Å². The van der Waals surface area contributed by atoms with Gasteiger partial charge in [0.1, 0.15) is 0 Å². The number of anilines is 1. The molecule has 1 aromatic carbocycles. The van der Waals surface area contributed by atoms with Crippen molar-refractivity contribution in [2.24, 2.45) is 0 Å². The van der Waals surface area contributed by atoms with Crippen molar-refractivity contribution in [2.75, 3.05) is 18.5 Å². The fourth-order valence-electron chi connectivity index (χ4n) is 1.32. The van der Waals surface area contributed by atoms with Crippen LogP contribution < -0.4 is 4.90 Å². The van der Waals surface area contributed by atoms with Crippen LogP contribution in [0.4, 0.5) is 11.4 Å². The summed E-state index contributed by atoms with van der Waals surface area (Å²) in [6, 6.07) is 6.80. The first-order valence-corrected chi connectivity index (χ1v) is 10.2. The fourth-order valence-corrected chi connectivity index (χ4v) is 2.79. The Morgan fingerprint density at radius 2 is 2.12 bits per heavy atom. The first-order valence-electron chi connectivity index (χ1n) is 5.11. The summed E-state index contributed by atoms with van der Waals surface area (Å²) in [5.41, 5.74) is 5.71. The quantitative estimate of drug-likeness (QED) is 0.474. The summed E-state index contributed by atoms with van der Waals surface area (Å²) in [5.74, 6) is 0. The molecular weight excluding hydrogens is 267 g/mol. The molecule has 0 aromatic heterocycles. The molecule has 0 spiro atoms. The third-order valence-electron chi connectivity index (χ3n) is 2.36. The minimum absolute atomic E-state index is 0.159. The molecule has 16 heavy (non-hydrogen) atoms. The van der Waals surface area contributed by atoms with Crippen LogP contribution in [0.1, 0.15) is 0 Å². The Labute approximate surface area is 101 Å². The van der Waals surface area contributed by atoms with Gasteiger partial charge in [0.05, 0.1) is 0 Å². The molecule has 0 unspecified atom stereocenters. The van der Waals surface area contributed by atoms with Crippen LogP contribution >= 0.6 is 0 Å². The number of nitro groups is 1. The predicted octanol–water partition coefficient (Wildman–Crippen LogP) is 2.79. The molecule has 0 bridgehead atoms. The van der Waals surface area contributed by atoms with E-state index in [0.29, 0.717) is 0 Å². The van der Waals surface area contributed by atoms with Crippen molar-refractivity contribution < 1.29 is 4.92 Å². The normalized spacial score (nSPS) is 10.5. The third kappa shape index (κ3) is 3.86. The maximum atomic E-state index is 10.6. The summed E-state index contributed by atoms with van der Waals surface area (Å²) in [7, 11) is 1.98. The zero-order valence-electron chi connectivity index (χ0n) is 9.88. The molecule has 0 heterocycles. The predicted molar refractivity (Wildman–Crippen MR) is 68.7 cm³/mol. The second-order valence-electron chi connectivity index (χ2n) is 4.00. The number of rotatable bonds is 5. The maximum absolute atomic E-state index is 10.6. The van der Waals surface area contributed by atoms with Gasteiger partial charge in [0.25, 0.3) is 0 Å². The molecule has 0 aliphatic heterocycles. The van der Waals surface area contributed by atoms with Crippen LogP contribution in [0.15, 0.2) is 24.3 Å². The SMILES string of the molecule is CN(CC[As](C)C)c1cccc([N+](=O)[O-])c1. The van der Waals surface area contributed by atoms with Crippen molar-refractivity contribution in [3.8, 4) is 0 Å². The van der Waals surface area contributed by atoms with Crippen LogP contribution in [0.25, 0.3) is 0 Å². The van der Waals surface area contributed by atoms with E-state index in [-0.39, 0.29) is 10.6 Å². The van der Waals surface area contributed by atoms with E-state index < -0.39 is 14.7 Å². The van der Waals surface area contributed by atoms with Gasteiger partial charge in [0, 0.05) is 0 Å². The summed E-state index contributed by atoms with van der Waals surface area (Å²) in [6.07, 6.45) is 0. The van der Waals surface area contributed by atoms with Gasteiger partial charge in [-0.2, -0.15) is 0 Å². The molecule has 0 saturated heterocycles. The van der Waals surface area contributed by atoms with Gasteiger partial charge in [-0.1, -0.05) is 0 Å². The summed E-state index contributed by atoms with van der Waals surface area (Å²) in [4.78, 5) is 12.4. The Hall–Kier alpha value is -1.02.